The summed E-state index contributed by atoms with van der Waals surface area (Å²) in [5, 5.41) is 7.13. The van der Waals surface area contributed by atoms with Crippen molar-refractivity contribution in [2.24, 2.45) is 16.3 Å². The molecule has 138 valence electrons. The van der Waals surface area contributed by atoms with Gasteiger partial charge in [-0.1, -0.05) is 12.8 Å². The maximum absolute atomic E-state index is 6.08. The summed E-state index contributed by atoms with van der Waals surface area (Å²) in [6, 6.07) is 0.480. The third-order valence-corrected chi connectivity index (χ3v) is 6.37. The molecule has 3 atom stereocenters. The van der Waals surface area contributed by atoms with Crippen molar-refractivity contribution in [1.29, 1.82) is 0 Å². The van der Waals surface area contributed by atoms with Crippen molar-refractivity contribution in [1.82, 2.24) is 15.6 Å². The molecule has 0 radical (unpaired) electrons. The highest BCUT2D eigenvalue weighted by molar-refractivity contribution is 5.80. The Morgan fingerprint density at radius 3 is 2.80 bits per heavy atom. The lowest BCUT2D eigenvalue weighted by Gasteiger charge is -2.57. The topological polar surface area (TPSA) is 71.7 Å². The van der Waals surface area contributed by atoms with Gasteiger partial charge in [0.05, 0.1) is 11.8 Å². The Bertz CT molecular complexity index is 628. The number of aliphatic imine (C=N–C) groups is 1. The lowest BCUT2D eigenvalue weighted by Crippen LogP contribution is -2.69. The average Bonchev–Trinajstić information content (AvgIpc) is 3.30. The summed E-state index contributed by atoms with van der Waals surface area (Å²) in [5.41, 5.74) is 1.27. The number of aromatic nitrogens is 1. The number of nitrogens with one attached hydrogen (secondary N) is 2. The van der Waals surface area contributed by atoms with Gasteiger partial charge in [0.2, 0.25) is 5.89 Å². The number of ether oxygens (including phenoxy) is 1. The number of aryl methyl sites for hydroxylation is 2. The standard InChI is InChI=1S/C19H30N4O2/c1-4-20-18(21-11-15-22-12(2)13(3)25-15)23-16-14-7-10-24-17(14)19(16)8-5-6-9-19/h14,16-17H,4-11H2,1-3H3,(H2,20,21,23). The van der Waals surface area contributed by atoms with Crippen LogP contribution < -0.4 is 10.6 Å². The molecule has 3 aliphatic rings. The van der Waals surface area contributed by atoms with Gasteiger partial charge in [-0.2, -0.15) is 0 Å². The van der Waals surface area contributed by atoms with Gasteiger partial charge in [-0.15, -0.1) is 0 Å². The first-order chi connectivity index (χ1) is 12.1. The monoisotopic (exact) mass is 346 g/mol. The third-order valence-electron chi connectivity index (χ3n) is 6.37. The second kappa shape index (κ2) is 6.63. The molecule has 1 aromatic heterocycles. The molecule has 2 aliphatic carbocycles. The molecule has 2 heterocycles. The van der Waals surface area contributed by atoms with Crippen LogP contribution >= 0.6 is 0 Å². The molecule has 0 aromatic carbocycles. The Balaban J connectivity index is 1.48. The van der Waals surface area contributed by atoms with Crippen molar-refractivity contribution in [2.45, 2.75) is 71.6 Å². The summed E-state index contributed by atoms with van der Waals surface area (Å²) in [6.07, 6.45) is 6.85. The maximum atomic E-state index is 6.08. The number of guanidine groups is 1. The Hall–Kier alpha value is -1.56. The summed E-state index contributed by atoms with van der Waals surface area (Å²) in [4.78, 5) is 9.16. The van der Waals surface area contributed by atoms with Gasteiger partial charge in [0.1, 0.15) is 12.3 Å². The Labute approximate surface area is 149 Å². The minimum atomic E-state index is 0.327. The molecular weight excluding hydrogens is 316 g/mol. The quantitative estimate of drug-likeness (QED) is 0.648. The van der Waals surface area contributed by atoms with E-state index in [1.807, 2.05) is 13.8 Å². The van der Waals surface area contributed by atoms with E-state index in [1.54, 1.807) is 0 Å². The molecule has 25 heavy (non-hydrogen) atoms. The summed E-state index contributed by atoms with van der Waals surface area (Å²) in [6.45, 7) is 8.24. The molecule has 6 heteroatoms. The number of oxazole rings is 1. The van der Waals surface area contributed by atoms with E-state index in [0.29, 0.717) is 35.9 Å². The largest absolute Gasteiger partial charge is 0.444 e. The third kappa shape index (κ3) is 2.84. The SMILES string of the molecule is CCNC(=NCc1nc(C)c(C)o1)NC1C2CCOC2C12CCCC2. The first kappa shape index (κ1) is 16.9. The molecule has 0 amide bonds. The van der Waals surface area contributed by atoms with E-state index in [1.165, 1.54) is 32.1 Å². The van der Waals surface area contributed by atoms with Gasteiger partial charge in [-0.05, 0) is 40.0 Å². The maximum Gasteiger partial charge on any atom is 0.216 e. The van der Waals surface area contributed by atoms with Crippen LogP contribution in [0.2, 0.25) is 0 Å². The Morgan fingerprint density at radius 2 is 2.12 bits per heavy atom. The number of fused-ring (bicyclic) bond motifs is 2. The van der Waals surface area contributed by atoms with Gasteiger partial charge in [-0.3, -0.25) is 0 Å². The van der Waals surface area contributed by atoms with E-state index in [9.17, 15) is 0 Å². The highest BCUT2D eigenvalue weighted by Gasteiger charge is 2.65. The molecule has 2 saturated carbocycles. The predicted molar refractivity (Wildman–Crippen MR) is 96.5 cm³/mol. The number of rotatable bonds is 4. The van der Waals surface area contributed by atoms with Crippen LogP contribution in [0.3, 0.4) is 0 Å². The molecule has 2 N–H and O–H groups in total. The van der Waals surface area contributed by atoms with E-state index in [0.717, 1.165) is 30.6 Å². The van der Waals surface area contributed by atoms with E-state index in [-0.39, 0.29) is 0 Å². The normalized spacial score (nSPS) is 30.4. The van der Waals surface area contributed by atoms with Crippen LogP contribution in [0.1, 0.15) is 56.4 Å². The molecule has 0 bridgehead atoms. The first-order valence-electron chi connectivity index (χ1n) is 9.73. The smallest absolute Gasteiger partial charge is 0.216 e. The van der Waals surface area contributed by atoms with Crippen molar-refractivity contribution in [3.05, 3.63) is 17.3 Å². The van der Waals surface area contributed by atoms with Crippen LogP contribution in [-0.4, -0.2) is 36.2 Å². The summed E-state index contributed by atoms with van der Waals surface area (Å²) < 4.78 is 11.7. The molecule has 3 unspecified atom stereocenters. The van der Waals surface area contributed by atoms with Crippen molar-refractivity contribution >= 4 is 5.96 Å². The van der Waals surface area contributed by atoms with Gasteiger partial charge in [0.25, 0.3) is 0 Å². The van der Waals surface area contributed by atoms with Crippen LogP contribution in [-0.2, 0) is 11.3 Å². The molecule has 1 aliphatic heterocycles. The summed E-state index contributed by atoms with van der Waals surface area (Å²) in [5.74, 6) is 3.06. The fourth-order valence-corrected chi connectivity index (χ4v) is 5.12. The minimum Gasteiger partial charge on any atom is -0.444 e. The molecule has 3 fully saturated rings. The van der Waals surface area contributed by atoms with E-state index in [2.05, 4.69) is 22.5 Å². The Morgan fingerprint density at radius 1 is 1.32 bits per heavy atom. The van der Waals surface area contributed by atoms with Crippen molar-refractivity contribution < 1.29 is 9.15 Å². The van der Waals surface area contributed by atoms with Crippen LogP contribution in [0.5, 0.6) is 0 Å². The van der Waals surface area contributed by atoms with Crippen LogP contribution in [0.25, 0.3) is 0 Å². The molecule has 1 saturated heterocycles. The molecular formula is C19H30N4O2. The van der Waals surface area contributed by atoms with E-state index in [4.69, 9.17) is 14.1 Å². The lowest BCUT2D eigenvalue weighted by atomic mass is 9.54. The molecule has 1 spiro atoms. The number of hydrogen-bond acceptors (Lipinski definition) is 4. The molecule has 1 aromatic rings. The Kier molecular flexibility index (Phi) is 4.48. The molecule has 4 rings (SSSR count). The zero-order valence-corrected chi connectivity index (χ0v) is 15.6. The fourth-order valence-electron chi connectivity index (χ4n) is 5.12. The second-order valence-corrected chi connectivity index (χ2v) is 7.75. The van der Waals surface area contributed by atoms with Crippen molar-refractivity contribution in [3.8, 4) is 0 Å². The van der Waals surface area contributed by atoms with Gasteiger partial charge >= 0.3 is 0 Å². The first-order valence-corrected chi connectivity index (χ1v) is 9.73. The van der Waals surface area contributed by atoms with Gasteiger partial charge < -0.3 is 19.8 Å². The zero-order valence-electron chi connectivity index (χ0n) is 15.6. The van der Waals surface area contributed by atoms with Crippen LogP contribution in [0.15, 0.2) is 9.41 Å². The van der Waals surface area contributed by atoms with E-state index >= 15 is 0 Å². The zero-order chi connectivity index (χ0) is 17.4. The highest BCUT2D eigenvalue weighted by atomic mass is 16.5. The van der Waals surface area contributed by atoms with Gasteiger partial charge in [0, 0.05) is 30.5 Å². The van der Waals surface area contributed by atoms with Crippen molar-refractivity contribution in [2.75, 3.05) is 13.2 Å². The second-order valence-electron chi connectivity index (χ2n) is 7.75. The van der Waals surface area contributed by atoms with Gasteiger partial charge in [0.15, 0.2) is 5.96 Å². The lowest BCUT2D eigenvalue weighted by molar-refractivity contribution is -0.125. The van der Waals surface area contributed by atoms with Crippen molar-refractivity contribution in [3.63, 3.8) is 0 Å². The van der Waals surface area contributed by atoms with E-state index < -0.39 is 0 Å². The number of nitrogens with zero attached hydrogens (tertiary/aromatic N) is 2. The average molecular weight is 346 g/mol. The van der Waals surface area contributed by atoms with Crippen LogP contribution in [0.4, 0.5) is 0 Å². The highest BCUT2D eigenvalue weighted by Crippen LogP contribution is 2.60. The summed E-state index contributed by atoms with van der Waals surface area (Å²) in [7, 11) is 0. The fraction of sp³-hybridized carbons (Fsp3) is 0.789. The minimum absolute atomic E-state index is 0.327. The summed E-state index contributed by atoms with van der Waals surface area (Å²) >= 11 is 0. The number of hydrogen-bond donors (Lipinski definition) is 2. The van der Waals surface area contributed by atoms with Crippen LogP contribution in [0, 0.1) is 25.2 Å². The van der Waals surface area contributed by atoms with Gasteiger partial charge in [-0.25, -0.2) is 9.98 Å². The molecule has 6 nitrogen and oxygen atoms in total. The predicted octanol–water partition coefficient (Wildman–Crippen LogP) is 2.69.